The van der Waals surface area contributed by atoms with E-state index in [4.69, 9.17) is 11.6 Å². The smallest absolute Gasteiger partial charge is 0.224 e. The van der Waals surface area contributed by atoms with Crippen LogP contribution in [0.25, 0.3) is 0 Å². The number of benzene rings is 1. The summed E-state index contributed by atoms with van der Waals surface area (Å²) in [6, 6.07) is 4.08. The molecule has 4 nitrogen and oxygen atoms in total. The van der Waals surface area contributed by atoms with Crippen molar-refractivity contribution in [3.05, 3.63) is 47.0 Å². The fraction of sp³-hybridized carbons (Fsp3) is 0.231. The van der Waals surface area contributed by atoms with Crippen molar-refractivity contribution in [2.75, 3.05) is 5.32 Å². The Bertz CT molecular complexity index is 597. The Morgan fingerprint density at radius 1 is 1.53 bits per heavy atom. The zero-order valence-corrected chi connectivity index (χ0v) is 11.1. The summed E-state index contributed by atoms with van der Waals surface area (Å²) >= 11 is 5.64. The molecule has 0 radical (unpaired) electrons. The molecular formula is C13H13ClFN3O. The first-order valence-corrected chi connectivity index (χ1v) is 6.15. The van der Waals surface area contributed by atoms with Gasteiger partial charge in [-0.25, -0.2) is 4.39 Å². The SMILES string of the molecule is Cn1cc(CCC(=O)Nc2ccc(F)c(Cl)c2)cn1. The quantitative estimate of drug-likeness (QED) is 0.937. The minimum Gasteiger partial charge on any atom is -0.326 e. The van der Waals surface area contributed by atoms with Crippen LogP contribution in [0.1, 0.15) is 12.0 Å². The molecule has 1 amide bonds. The lowest BCUT2D eigenvalue weighted by Crippen LogP contribution is -2.12. The number of aromatic nitrogens is 2. The van der Waals surface area contributed by atoms with Crippen molar-refractivity contribution in [1.82, 2.24) is 9.78 Å². The van der Waals surface area contributed by atoms with Gasteiger partial charge in [-0.1, -0.05) is 11.6 Å². The Hall–Kier alpha value is -1.88. The second kappa shape index (κ2) is 5.84. The van der Waals surface area contributed by atoms with Gasteiger partial charge in [0.2, 0.25) is 5.91 Å². The number of anilines is 1. The molecule has 2 aromatic rings. The molecule has 0 bridgehead atoms. The summed E-state index contributed by atoms with van der Waals surface area (Å²) in [5.74, 6) is -0.651. The number of carbonyl (C=O) groups excluding carboxylic acids is 1. The van der Waals surface area contributed by atoms with E-state index < -0.39 is 5.82 Å². The molecule has 0 aliphatic heterocycles. The molecule has 0 fully saturated rings. The summed E-state index contributed by atoms with van der Waals surface area (Å²) in [6.45, 7) is 0. The first-order chi connectivity index (χ1) is 9.04. The van der Waals surface area contributed by atoms with Gasteiger partial charge in [0.05, 0.1) is 11.2 Å². The minimum absolute atomic E-state index is 0.00920. The Morgan fingerprint density at radius 3 is 2.95 bits per heavy atom. The molecule has 1 N–H and O–H groups in total. The Morgan fingerprint density at radius 2 is 2.32 bits per heavy atom. The number of aryl methyl sites for hydroxylation is 2. The van der Waals surface area contributed by atoms with Gasteiger partial charge in [0, 0.05) is 25.4 Å². The van der Waals surface area contributed by atoms with Crippen LogP contribution in [-0.2, 0) is 18.3 Å². The Balaban J connectivity index is 1.88. The van der Waals surface area contributed by atoms with Crippen molar-refractivity contribution in [3.8, 4) is 0 Å². The number of hydrogen-bond donors (Lipinski definition) is 1. The fourth-order valence-electron chi connectivity index (χ4n) is 1.66. The van der Waals surface area contributed by atoms with E-state index in [1.807, 2.05) is 13.2 Å². The summed E-state index contributed by atoms with van der Waals surface area (Å²) in [5, 5.41) is 6.69. The monoisotopic (exact) mass is 281 g/mol. The van der Waals surface area contributed by atoms with Crippen LogP contribution < -0.4 is 5.32 Å². The van der Waals surface area contributed by atoms with Gasteiger partial charge in [0.1, 0.15) is 5.82 Å². The number of halogens is 2. The third-order valence-electron chi connectivity index (χ3n) is 2.60. The summed E-state index contributed by atoms with van der Waals surface area (Å²) < 4.78 is 14.6. The van der Waals surface area contributed by atoms with Crippen molar-refractivity contribution in [1.29, 1.82) is 0 Å². The molecule has 100 valence electrons. The molecule has 0 aliphatic carbocycles. The third-order valence-corrected chi connectivity index (χ3v) is 2.89. The van der Waals surface area contributed by atoms with Crippen molar-refractivity contribution in [3.63, 3.8) is 0 Å². The molecule has 1 aromatic heterocycles. The number of carbonyl (C=O) groups is 1. The maximum absolute atomic E-state index is 13.0. The predicted molar refractivity (Wildman–Crippen MR) is 71.6 cm³/mol. The molecule has 6 heteroatoms. The summed E-state index contributed by atoms with van der Waals surface area (Å²) in [6.07, 6.45) is 4.53. The highest BCUT2D eigenvalue weighted by atomic mass is 35.5. The molecule has 0 aliphatic rings. The molecule has 1 heterocycles. The largest absolute Gasteiger partial charge is 0.326 e. The van der Waals surface area contributed by atoms with Crippen LogP contribution in [0.2, 0.25) is 5.02 Å². The average molecular weight is 282 g/mol. The van der Waals surface area contributed by atoms with Crippen LogP contribution in [0.4, 0.5) is 10.1 Å². The van der Waals surface area contributed by atoms with E-state index in [1.54, 1.807) is 10.9 Å². The number of nitrogens with zero attached hydrogens (tertiary/aromatic N) is 2. The van der Waals surface area contributed by atoms with Crippen LogP contribution in [-0.4, -0.2) is 15.7 Å². The predicted octanol–water partition coefficient (Wildman–Crippen LogP) is 2.78. The first-order valence-electron chi connectivity index (χ1n) is 5.77. The second-order valence-corrected chi connectivity index (χ2v) is 4.61. The van der Waals surface area contributed by atoms with Gasteiger partial charge in [-0.05, 0) is 30.2 Å². The lowest BCUT2D eigenvalue weighted by atomic mass is 10.2. The van der Waals surface area contributed by atoms with E-state index >= 15 is 0 Å². The van der Waals surface area contributed by atoms with E-state index in [-0.39, 0.29) is 10.9 Å². The van der Waals surface area contributed by atoms with Crippen LogP contribution in [0.3, 0.4) is 0 Å². The number of hydrogen-bond acceptors (Lipinski definition) is 2. The normalized spacial score (nSPS) is 10.5. The van der Waals surface area contributed by atoms with Gasteiger partial charge in [0.25, 0.3) is 0 Å². The minimum atomic E-state index is -0.505. The molecule has 0 unspecified atom stereocenters. The zero-order chi connectivity index (χ0) is 13.8. The highest BCUT2D eigenvalue weighted by Crippen LogP contribution is 2.19. The van der Waals surface area contributed by atoms with Crippen molar-refractivity contribution in [2.45, 2.75) is 12.8 Å². The topological polar surface area (TPSA) is 46.9 Å². The molecule has 0 saturated heterocycles. The highest BCUT2D eigenvalue weighted by molar-refractivity contribution is 6.31. The van der Waals surface area contributed by atoms with Crippen LogP contribution in [0.15, 0.2) is 30.6 Å². The number of nitrogens with one attached hydrogen (secondary N) is 1. The van der Waals surface area contributed by atoms with E-state index in [0.717, 1.165) is 5.56 Å². The van der Waals surface area contributed by atoms with Crippen molar-refractivity contribution < 1.29 is 9.18 Å². The summed E-state index contributed by atoms with van der Waals surface area (Å²) in [7, 11) is 1.82. The van der Waals surface area contributed by atoms with Crippen molar-refractivity contribution in [2.24, 2.45) is 7.05 Å². The highest BCUT2D eigenvalue weighted by Gasteiger charge is 2.06. The zero-order valence-electron chi connectivity index (χ0n) is 10.4. The van der Waals surface area contributed by atoms with Crippen LogP contribution >= 0.6 is 11.6 Å². The van der Waals surface area contributed by atoms with Crippen LogP contribution in [0.5, 0.6) is 0 Å². The van der Waals surface area contributed by atoms with Gasteiger partial charge >= 0.3 is 0 Å². The summed E-state index contributed by atoms with van der Waals surface area (Å²) in [5.41, 5.74) is 1.48. The Labute approximate surface area is 115 Å². The van der Waals surface area contributed by atoms with Gasteiger partial charge in [-0.2, -0.15) is 5.10 Å². The molecule has 2 rings (SSSR count). The Kier molecular flexibility index (Phi) is 4.16. The van der Waals surface area contributed by atoms with Gasteiger partial charge < -0.3 is 5.32 Å². The maximum atomic E-state index is 13.0. The lowest BCUT2D eigenvalue weighted by molar-refractivity contribution is -0.116. The standard InChI is InChI=1S/C13H13ClFN3O/c1-18-8-9(7-16-18)2-5-13(19)17-10-3-4-12(15)11(14)6-10/h3-4,6-8H,2,5H2,1H3,(H,17,19). The first kappa shape index (κ1) is 13.5. The number of amides is 1. The lowest BCUT2D eigenvalue weighted by Gasteiger charge is -2.05. The molecular weight excluding hydrogens is 269 g/mol. The number of rotatable bonds is 4. The third kappa shape index (κ3) is 3.79. The molecule has 0 atom stereocenters. The van der Waals surface area contributed by atoms with Gasteiger partial charge in [-0.15, -0.1) is 0 Å². The second-order valence-electron chi connectivity index (χ2n) is 4.20. The van der Waals surface area contributed by atoms with Gasteiger partial charge in [0.15, 0.2) is 0 Å². The van der Waals surface area contributed by atoms with Crippen molar-refractivity contribution >= 4 is 23.2 Å². The van der Waals surface area contributed by atoms with E-state index in [9.17, 15) is 9.18 Å². The molecule has 0 spiro atoms. The van der Waals surface area contributed by atoms with E-state index in [0.29, 0.717) is 18.5 Å². The van der Waals surface area contributed by atoms with Crippen LogP contribution in [0, 0.1) is 5.82 Å². The molecule has 19 heavy (non-hydrogen) atoms. The van der Waals surface area contributed by atoms with E-state index in [1.165, 1.54) is 18.2 Å². The molecule has 1 aromatic carbocycles. The fourth-order valence-corrected chi connectivity index (χ4v) is 1.84. The molecule has 0 saturated carbocycles. The van der Waals surface area contributed by atoms with Gasteiger partial charge in [-0.3, -0.25) is 9.48 Å². The maximum Gasteiger partial charge on any atom is 0.224 e. The van der Waals surface area contributed by atoms with E-state index in [2.05, 4.69) is 10.4 Å². The summed E-state index contributed by atoms with van der Waals surface area (Å²) in [4.78, 5) is 11.7. The average Bonchev–Trinajstić information content (AvgIpc) is 2.77.